The molecule has 0 aliphatic heterocycles. The van der Waals surface area contributed by atoms with Crippen LogP contribution in [-0.4, -0.2) is 24.9 Å². The van der Waals surface area contributed by atoms with Crippen LogP contribution in [0.4, 0.5) is 0 Å². The van der Waals surface area contributed by atoms with Gasteiger partial charge in [0, 0.05) is 39.8 Å². The van der Waals surface area contributed by atoms with E-state index in [-0.39, 0.29) is 0 Å². The van der Waals surface area contributed by atoms with Crippen molar-refractivity contribution in [3.63, 3.8) is 0 Å². The third-order valence-electron chi connectivity index (χ3n) is 9.13. The van der Waals surface area contributed by atoms with Gasteiger partial charge in [-0.3, -0.25) is 0 Å². The fourth-order valence-electron chi connectivity index (χ4n) is 6.72. The van der Waals surface area contributed by atoms with E-state index in [2.05, 4.69) is 97.1 Å². The Morgan fingerprint density at radius 1 is 0.327 bits per heavy atom. The van der Waals surface area contributed by atoms with Gasteiger partial charge in [-0.2, -0.15) is 0 Å². The van der Waals surface area contributed by atoms with Crippen molar-refractivity contribution in [3.05, 3.63) is 175 Å². The Morgan fingerprint density at radius 3 is 1.47 bits per heavy atom. The fourth-order valence-corrected chi connectivity index (χ4v) is 6.72. The largest absolute Gasteiger partial charge is 0.236 e. The van der Waals surface area contributed by atoms with Gasteiger partial charge in [-0.15, -0.1) is 0 Å². The van der Waals surface area contributed by atoms with Crippen LogP contribution in [0, 0.1) is 0 Å². The molecule has 0 bridgehead atoms. The smallest absolute Gasteiger partial charge is 0.164 e. The zero-order valence-electron chi connectivity index (χ0n) is 26.5. The normalized spacial score (nSPS) is 11.6. The first-order valence-corrected chi connectivity index (χ1v) is 16.4. The van der Waals surface area contributed by atoms with Crippen LogP contribution in [0.25, 0.3) is 78.9 Å². The topological polar surface area (TPSA) is 64.5 Å². The van der Waals surface area contributed by atoms with Crippen molar-refractivity contribution < 1.29 is 0 Å². The average molecular weight is 628 g/mol. The van der Waals surface area contributed by atoms with Crippen molar-refractivity contribution >= 4 is 0 Å². The van der Waals surface area contributed by atoms with E-state index in [1.165, 1.54) is 27.8 Å². The van der Waals surface area contributed by atoms with Gasteiger partial charge in [0.1, 0.15) is 6.33 Å². The van der Waals surface area contributed by atoms with E-state index in [0.29, 0.717) is 17.5 Å². The predicted octanol–water partition coefficient (Wildman–Crippen LogP) is 10.2. The second kappa shape index (κ2) is 12.2. The van der Waals surface area contributed by atoms with Crippen molar-refractivity contribution in [1.29, 1.82) is 0 Å². The lowest BCUT2D eigenvalue weighted by atomic mass is 9.96. The predicted molar refractivity (Wildman–Crippen MR) is 196 cm³/mol. The second-order valence-corrected chi connectivity index (χ2v) is 12.1. The maximum atomic E-state index is 4.93. The number of rotatable bonds is 6. The quantitative estimate of drug-likeness (QED) is 0.184. The Labute approximate surface area is 284 Å². The first-order chi connectivity index (χ1) is 24.3. The second-order valence-electron chi connectivity index (χ2n) is 12.1. The molecule has 230 valence electrons. The molecule has 9 rings (SSSR count). The minimum Gasteiger partial charge on any atom is -0.236 e. The van der Waals surface area contributed by atoms with Crippen LogP contribution in [0.2, 0.25) is 0 Å². The van der Waals surface area contributed by atoms with Crippen LogP contribution >= 0.6 is 0 Å². The molecular weight excluding hydrogens is 599 g/mol. The van der Waals surface area contributed by atoms with Gasteiger partial charge in [0.2, 0.25) is 0 Å². The molecule has 2 aromatic heterocycles. The molecule has 1 aliphatic carbocycles. The molecular formula is C44H29N5. The maximum Gasteiger partial charge on any atom is 0.164 e. The highest BCUT2D eigenvalue weighted by Crippen LogP contribution is 2.43. The Hall–Kier alpha value is -6.59. The number of nitrogens with zero attached hydrogens (tertiary/aromatic N) is 5. The fraction of sp³-hybridized carbons (Fsp3) is 0.0227. The molecule has 8 aromatic rings. The van der Waals surface area contributed by atoms with Gasteiger partial charge in [-0.25, -0.2) is 24.9 Å². The molecule has 0 N–H and O–H groups in total. The molecule has 0 fully saturated rings. The summed E-state index contributed by atoms with van der Waals surface area (Å²) in [5.41, 5.74) is 14.2. The highest BCUT2D eigenvalue weighted by Gasteiger charge is 2.26. The highest BCUT2D eigenvalue weighted by atomic mass is 15.0. The summed E-state index contributed by atoms with van der Waals surface area (Å²) in [5, 5.41) is 0. The van der Waals surface area contributed by atoms with E-state index in [9.17, 15) is 0 Å². The third kappa shape index (κ3) is 5.37. The lowest BCUT2D eigenvalue weighted by Crippen LogP contribution is -2.00. The van der Waals surface area contributed by atoms with Gasteiger partial charge < -0.3 is 0 Å². The van der Waals surface area contributed by atoms with Crippen LogP contribution < -0.4 is 0 Å². The molecule has 1 aliphatic rings. The summed E-state index contributed by atoms with van der Waals surface area (Å²) in [4.78, 5) is 24.2. The number of hydrogen-bond acceptors (Lipinski definition) is 5. The van der Waals surface area contributed by atoms with Crippen molar-refractivity contribution in [2.45, 2.75) is 6.42 Å². The summed E-state index contributed by atoms with van der Waals surface area (Å²) in [6, 6.07) is 54.3. The molecule has 6 aromatic carbocycles. The number of aromatic nitrogens is 5. The monoisotopic (exact) mass is 627 g/mol. The lowest BCUT2D eigenvalue weighted by molar-refractivity contribution is 1.07. The van der Waals surface area contributed by atoms with Gasteiger partial charge >= 0.3 is 0 Å². The van der Waals surface area contributed by atoms with E-state index in [1.54, 1.807) is 6.33 Å². The molecule has 0 atom stereocenters. The zero-order chi connectivity index (χ0) is 32.6. The SMILES string of the molecule is c1ccc(-c2nc(-c3ccccc3)nc(-c3cccc(-c4ccc(-c5ncnc6c5Cc5c(-c7ccccc7)cccc5-6)cc4)c3)n2)cc1. The molecule has 5 nitrogen and oxygen atoms in total. The summed E-state index contributed by atoms with van der Waals surface area (Å²) in [6.45, 7) is 0. The molecule has 5 heteroatoms. The zero-order valence-corrected chi connectivity index (χ0v) is 26.5. The number of hydrogen-bond donors (Lipinski definition) is 0. The van der Waals surface area contributed by atoms with E-state index in [1.807, 2.05) is 60.7 Å². The molecule has 0 spiro atoms. The average Bonchev–Trinajstić information content (AvgIpc) is 3.58. The van der Waals surface area contributed by atoms with Crippen molar-refractivity contribution in [2.24, 2.45) is 0 Å². The van der Waals surface area contributed by atoms with E-state index >= 15 is 0 Å². The van der Waals surface area contributed by atoms with Crippen LogP contribution in [0.15, 0.2) is 164 Å². The van der Waals surface area contributed by atoms with Gasteiger partial charge in [-0.05, 0) is 33.9 Å². The minimum absolute atomic E-state index is 0.636. The van der Waals surface area contributed by atoms with Gasteiger partial charge in [0.05, 0.1) is 11.4 Å². The van der Waals surface area contributed by atoms with Crippen LogP contribution in [-0.2, 0) is 6.42 Å². The Balaban J connectivity index is 1.05. The standard InChI is InChI=1S/C44H29N5/c1-4-12-30(13-5-1)36-20-11-21-37-38(36)27-39-40(45-28-46-41(37)39)31-24-22-29(23-25-31)34-18-10-19-35(26-34)44-48-42(32-14-6-2-7-15-32)47-43(49-44)33-16-8-3-9-17-33/h1-26,28H,27H2. The van der Waals surface area contributed by atoms with E-state index in [0.717, 1.165) is 51.2 Å². The molecule has 2 heterocycles. The van der Waals surface area contributed by atoms with Crippen molar-refractivity contribution in [2.75, 3.05) is 0 Å². The van der Waals surface area contributed by atoms with E-state index in [4.69, 9.17) is 24.9 Å². The molecule has 0 saturated carbocycles. The van der Waals surface area contributed by atoms with Gasteiger partial charge in [0.15, 0.2) is 17.5 Å². The minimum atomic E-state index is 0.636. The lowest BCUT2D eigenvalue weighted by Gasteiger charge is -2.10. The summed E-state index contributed by atoms with van der Waals surface area (Å²) in [7, 11) is 0. The number of fused-ring (bicyclic) bond motifs is 3. The molecule has 49 heavy (non-hydrogen) atoms. The summed E-state index contributed by atoms with van der Waals surface area (Å²) < 4.78 is 0. The first-order valence-electron chi connectivity index (χ1n) is 16.4. The summed E-state index contributed by atoms with van der Waals surface area (Å²) >= 11 is 0. The van der Waals surface area contributed by atoms with Crippen LogP contribution in [0.5, 0.6) is 0 Å². The summed E-state index contributed by atoms with van der Waals surface area (Å²) in [5.74, 6) is 1.93. The Kier molecular flexibility index (Phi) is 7.13. The third-order valence-corrected chi connectivity index (χ3v) is 9.13. The molecule has 0 saturated heterocycles. The van der Waals surface area contributed by atoms with Gasteiger partial charge in [-0.1, -0.05) is 152 Å². The van der Waals surface area contributed by atoms with Crippen LogP contribution in [0.3, 0.4) is 0 Å². The Morgan fingerprint density at radius 2 is 0.816 bits per heavy atom. The van der Waals surface area contributed by atoms with Crippen molar-refractivity contribution in [3.8, 4) is 78.9 Å². The number of benzene rings is 6. The highest BCUT2D eigenvalue weighted by molar-refractivity contribution is 5.87. The molecule has 0 amide bonds. The molecule has 0 radical (unpaired) electrons. The Bertz CT molecular complexity index is 2380. The van der Waals surface area contributed by atoms with E-state index < -0.39 is 0 Å². The van der Waals surface area contributed by atoms with Gasteiger partial charge in [0.25, 0.3) is 0 Å². The molecule has 0 unspecified atom stereocenters. The first kappa shape index (κ1) is 28.6. The summed E-state index contributed by atoms with van der Waals surface area (Å²) in [6.07, 6.45) is 2.50. The maximum absolute atomic E-state index is 4.93. The van der Waals surface area contributed by atoms with Crippen LogP contribution in [0.1, 0.15) is 11.1 Å². The van der Waals surface area contributed by atoms with Crippen molar-refractivity contribution in [1.82, 2.24) is 24.9 Å².